The van der Waals surface area contributed by atoms with Crippen molar-refractivity contribution in [2.75, 3.05) is 13.2 Å². The van der Waals surface area contributed by atoms with Gasteiger partial charge in [-0.3, -0.25) is 0 Å². The first kappa shape index (κ1) is 12.6. The van der Waals surface area contributed by atoms with E-state index in [0.29, 0.717) is 12.6 Å². The molecule has 0 aliphatic carbocycles. The van der Waals surface area contributed by atoms with Crippen LogP contribution in [0.5, 0.6) is 0 Å². The summed E-state index contributed by atoms with van der Waals surface area (Å²) in [4.78, 5) is 0. The second-order valence-corrected chi connectivity index (χ2v) is 4.41. The summed E-state index contributed by atoms with van der Waals surface area (Å²) in [6.07, 6.45) is 1.80. The molecule has 0 fully saturated rings. The number of nitrogens with two attached hydrogens (primary N) is 1. The Morgan fingerprint density at radius 1 is 1.60 bits per heavy atom. The average Bonchev–Trinajstić information content (AvgIpc) is 2.77. The molecule has 1 aromatic heterocycles. The number of thiophene rings is 1. The Balaban J connectivity index is 2.52. The molecule has 0 amide bonds. The molecule has 3 nitrogen and oxygen atoms in total. The van der Waals surface area contributed by atoms with Crippen LogP contribution in [0.3, 0.4) is 0 Å². The van der Waals surface area contributed by atoms with Crippen molar-refractivity contribution < 1.29 is 5.11 Å². The van der Waals surface area contributed by atoms with E-state index < -0.39 is 0 Å². The third-order valence-corrected chi connectivity index (χ3v) is 3.29. The fourth-order valence-electron chi connectivity index (χ4n) is 1.62. The lowest BCUT2D eigenvalue weighted by Gasteiger charge is -2.23. The summed E-state index contributed by atoms with van der Waals surface area (Å²) < 4.78 is 0. The fourth-order valence-corrected chi connectivity index (χ4v) is 2.33. The maximum atomic E-state index is 8.91. The van der Waals surface area contributed by atoms with Gasteiger partial charge in [-0.1, -0.05) is 6.92 Å². The van der Waals surface area contributed by atoms with Gasteiger partial charge < -0.3 is 16.2 Å². The molecule has 15 heavy (non-hydrogen) atoms. The molecule has 0 aliphatic rings. The van der Waals surface area contributed by atoms with Gasteiger partial charge in [-0.2, -0.15) is 11.3 Å². The van der Waals surface area contributed by atoms with Gasteiger partial charge in [-0.05, 0) is 35.2 Å². The van der Waals surface area contributed by atoms with Crippen molar-refractivity contribution in [3.8, 4) is 0 Å². The number of rotatable bonds is 7. The molecule has 0 aliphatic heterocycles. The second-order valence-electron chi connectivity index (χ2n) is 3.63. The minimum atomic E-state index is 0.216. The molecule has 1 rings (SSSR count). The van der Waals surface area contributed by atoms with Crippen LogP contribution in [0.15, 0.2) is 16.8 Å². The summed E-state index contributed by atoms with van der Waals surface area (Å²) >= 11 is 1.69. The molecule has 2 atom stereocenters. The third kappa shape index (κ3) is 3.91. The largest absolute Gasteiger partial charge is 0.396 e. The van der Waals surface area contributed by atoms with Crippen molar-refractivity contribution >= 4 is 11.3 Å². The van der Waals surface area contributed by atoms with E-state index in [1.165, 1.54) is 5.56 Å². The van der Waals surface area contributed by atoms with Crippen molar-refractivity contribution in [2.24, 2.45) is 5.73 Å². The average molecular weight is 228 g/mol. The maximum absolute atomic E-state index is 8.91. The van der Waals surface area contributed by atoms with E-state index >= 15 is 0 Å². The van der Waals surface area contributed by atoms with Gasteiger partial charge in [0, 0.05) is 25.2 Å². The van der Waals surface area contributed by atoms with Crippen LogP contribution >= 0.6 is 11.3 Å². The lowest BCUT2D eigenvalue weighted by molar-refractivity contribution is 0.256. The number of aliphatic hydroxyl groups is 1. The van der Waals surface area contributed by atoms with E-state index in [0.717, 1.165) is 12.8 Å². The van der Waals surface area contributed by atoms with E-state index in [-0.39, 0.29) is 12.6 Å². The molecule has 0 aromatic carbocycles. The monoisotopic (exact) mass is 228 g/mol. The van der Waals surface area contributed by atoms with Crippen molar-refractivity contribution in [2.45, 2.75) is 31.8 Å². The third-order valence-electron chi connectivity index (χ3n) is 2.59. The Labute approximate surface area is 95.3 Å². The first-order valence-electron chi connectivity index (χ1n) is 5.40. The predicted octanol–water partition coefficient (Wildman–Crippen LogP) is 1.50. The Kier molecular flexibility index (Phi) is 5.86. The molecule has 0 radical (unpaired) electrons. The minimum absolute atomic E-state index is 0.216. The number of hydrogen-bond acceptors (Lipinski definition) is 4. The first-order chi connectivity index (χ1) is 7.31. The lowest BCUT2D eigenvalue weighted by Crippen LogP contribution is -2.36. The quantitative estimate of drug-likeness (QED) is 0.663. The van der Waals surface area contributed by atoms with Crippen LogP contribution in [0.4, 0.5) is 0 Å². The highest BCUT2D eigenvalue weighted by Crippen LogP contribution is 2.16. The van der Waals surface area contributed by atoms with Gasteiger partial charge in [0.25, 0.3) is 0 Å². The molecule has 4 heteroatoms. The zero-order valence-electron chi connectivity index (χ0n) is 9.15. The molecule has 0 saturated heterocycles. The summed E-state index contributed by atoms with van der Waals surface area (Å²) in [5.41, 5.74) is 6.99. The van der Waals surface area contributed by atoms with Crippen molar-refractivity contribution in [1.29, 1.82) is 0 Å². The predicted molar refractivity (Wildman–Crippen MR) is 65.0 cm³/mol. The highest BCUT2D eigenvalue weighted by molar-refractivity contribution is 7.07. The zero-order valence-corrected chi connectivity index (χ0v) is 9.96. The highest BCUT2D eigenvalue weighted by atomic mass is 32.1. The Morgan fingerprint density at radius 2 is 2.40 bits per heavy atom. The minimum Gasteiger partial charge on any atom is -0.396 e. The molecule has 0 spiro atoms. The van der Waals surface area contributed by atoms with Crippen LogP contribution in [0.25, 0.3) is 0 Å². The summed E-state index contributed by atoms with van der Waals surface area (Å²) in [6, 6.07) is 2.66. The van der Waals surface area contributed by atoms with Crippen molar-refractivity contribution in [1.82, 2.24) is 5.32 Å². The molecule has 0 bridgehead atoms. The molecule has 1 aromatic rings. The van der Waals surface area contributed by atoms with Gasteiger partial charge in [0.05, 0.1) is 0 Å². The van der Waals surface area contributed by atoms with Gasteiger partial charge in [0.15, 0.2) is 0 Å². The zero-order chi connectivity index (χ0) is 11.1. The van der Waals surface area contributed by atoms with Crippen LogP contribution in [0.2, 0.25) is 0 Å². The van der Waals surface area contributed by atoms with Gasteiger partial charge >= 0.3 is 0 Å². The molecule has 0 saturated carbocycles. The van der Waals surface area contributed by atoms with E-state index in [4.69, 9.17) is 10.8 Å². The van der Waals surface area contributed by atoms with Gasteiger partial charge in [0.2, 0.25) is 0 Å². The SMILES string of the molecule is CCC(CCO)NC(CN)c1ccsc1. The summed E-state index contributed by atoms with van der Waals surface area (Å²) in [7, 11) is 0. The highest BCUT2D eigenvalue weighted by Gasteiger charge is 2.14. The molecule has 4 N–H and O–H groups in total. The Hall–Kier alpha value is -0.420. The number of aliphatic hydroxyl groups excluding tert-OH is 1. The lowest BCUT2D eigenvalue weighted by atomic mass is 10.1. The number of hydrogen-bond donors (Lipinski definition) is 3. The van der Waals surface area contributed by atoms with Crippen molar-refractivity contribution in [3.63, 3.8) is 0 Å². The molecule has 2 unspecified atom stereocenters. The van der Waals surface area contributed by atoms with E-state index in [1.807, 2.05) is 0 Å². The summed E-state index contributed by atoms with van der Waals surface area (Å²) in [5.74, 6) is 0. The fraction of sp³-hybridized carbons (Fsp3) is 0.636. The normalized spacial score (nSPS) is 15.1. The molecular weight excluding hydrogens is 208 g/mol. The van der Waals surface area contributed by atoms with Crippen LogP contribution in [-0.4, -0.2) is 24.3 Å². The van der Waals surface area contributed by atoms with Crippen LogP contribution in [-0.2, 0) is 0 Å². The van der Waals surface area contributed by atoms with Crippen LogP contribution in [0.1, 0.15) is 31.4 Å². The van der Waals surface area contributed by atoms with Crippen LogP contribution < -0.4 is 11.1 Å². The molecule has 1 heterocycles. The van der Waals surface area contributed by atoms with Gasteiger partial charge in [-0.15, -0.1) is 0 Å². The molecule has 86 valence electrons. The van der Waals surface area contributed by atoms with E-state index in [1.54, 1.807) is 11.3 Å². The second kappa shape index (κ2) is 6.95. The maximum Gasteiger partial charge on any atom is 0.0454 e. The standard InChI is InChI=1S/C11H20N2OS/c1-2-10(3-5-14)13-11(7-12)9-4-6-15-8-9/h4,6,8,10-11,13-14H,2-3,5,7,12H2,1H3. The molecular formula is C11H20N2OS. The van der Waals surface area contributed by atoms with Crippen molar-refractivity contribution in [3.05, 3.63) is 22.4 Å². The number of nitrogens with one attached hydrogen (secondary N) is 1. The van der Waals surface area contributed by atoms with E-state index in [2.05, 4.69) is 29.1 Å². The Morgan fingerprint density at radius 3 is 2.87 bits per heavy atom. The van der Waals surface area contributed by atoms with Gasteiger partial charge in [-0.25, -0.2) is 0 Å². The Bertz CT molecular complexity index is 251. The van der Waals surface area contributed by atoms with Crippen LogP contribution in [0, 0.1) is 0 Å². The summed E-state index contributed by atoms with van der Waals surface area (Å²) in [6.45, 7) is 2.94. The topological polar surface area (TPSA) is 58.3 Å². The van der Waals surface area contributed by atoms with E-state index in [9.17, 15) is 0 Å². The smallest absolute Gasteiger partial charge is 0.0454 e. The van der Waals surface area contributed by atoms with Gasteiger partial charge in [0.1, 0.15) is 0 Å². The summed E-state index contributed by atoms with van der Waals surface area (Å²) in [5, 5.41) is 16.6. The first-order valence-corrected chi connectivity index (χ1v) is 6.35.